The largest absolute Gasteiger partial charge is 0.439 e. The molecule has 0 unspecified atom stereocenters. The number of rotatable bonds is 7. The van der Waals surface area contributed by atoms with Crippen molar-refractivity contribution in [1.82, 2.24) is 19.7 Å². The Balaban J connectivity index is 1.71. The van der Waals surface area contributed by atoms with Gasteiger partial charge in [0.2, 0.25) is 11.8 Å². The first-order chi connectivity index (χ1) is 13.1. The van der Waals surface area contributed by atoms with Crippen molar-refractivity contribution in [3.63, 3.8) is 0 Å². The van der Waals surface area contributed by atoms with Gasteiger partial charge in [0.15, 0.2) is 5.82 Å². The molecule has 0 aliphatic heterocycles. The van der Waals surface area contributed by atoms with Crippen LogP contribution in [-0.4, -0.2) is 25.7 Å². The van der Waals surface area contributed by atoms with Gasteiger partial charge in [0.05, 0.1) is 0 Å². The first-order valence-corrected chi connectivity index (χ1v) is 9.03. The molecule has 3 rings (SSSR count). The van der Waals surface area contributed by atoms with E-state index in [9.17, 15) is 4.79 Å². The first kappa shape index (κ1) is 18.6. The van der Waals surface area contributed by atoms with Crippen molar-refractivity contribution in [2.45, 2.75) is 33.6 Å². The number of hydrogen-bond acceptors (Lipinski definition) is 5. The van der Waals surface area contributed by atoms with Crippen LogP contribution in [0.15, 0.2) is 48.8 Å². The van der Waals surface area contributed by atoms with Crippen LogP contribution in [0.1, 0.15) is 32.5 Å². The van der Waals surface area contributed by atoms with E-state index in [-0.39, 0.29) is 11.8 Å². The molecular weight excluding hydrogens is 342 g/mol. The van der Waals surface area contributed by atoms with Crippen LogP contribution in [0.5, 0.6) is 11.6 Å². The SMILES string of the molecule is CCC(CC)C(=O)Nc1ccc(Oc2cc(-n3cccn3)nc(C)n2)cc1. The third kappa shape index (κ3) is 4.69. The third-order valence-corrected chi connectivity index (χ3v) is 4.24. The van der Waals surface area contributed by atoms with Gasteiger partial charge in [-0.25, -0.2) is 9.67 Å². The summed E-state index contributed by atoms with van der Waals surface area (Å²) in [6.45, 7) is 5.84. The number of aromatic nitrogens is 4. The van der Waals surface area contributed by atoms with Gasteiger partial charge in [-0.05, 0) is 50.1 Å². The Bertz CT molecular complexity index is 887. The van der Waals surface area contributed by atoms with E-state index in [1.807, 2.05) is 38.2 Å². The van der Waals surface area contributed by atoms with Crippen LogP contribution in [0.25, 0.3) is 5.82 Å². The van der Waals surface area contributed by atoms with Crippen LogP contribution >= 0.6 is 0 Å². The normalized spacial score (nSPS) is 10.8. The Morgan fingerprint density at radius 2 is 1.93 bits per heavy atom. The highest BCUT2D eigenvalue weighted by atomic mass is 16.5. The Morgan fingerprint density at radius 3 is 2.56 bits per heavy atom. The molecule has 0 aliphatic rings. The van der Waals surface area contributed by atoms with Gasteiger partial charge in [0.1, 0.15) is 11.6 Å². The molecule has 0 fully saturated rings. The molecular formula is C20H23N5O2. The zero-order valence-corrected chi connectivity index (χ0v) is 15.7. The number of amides is 1. The molecule has 0 saturated carbocycles. The molecule has 7 heteroatoms. The van der Waals surface area contributed by atoms with Crippen LogP contribution in [0.4, 0.5) is 5.69 Å². The minimum atomic E-state index is 0.0330. The highest BCUT2D eigenvalue weighted by molar-refractivity contribution is 5.92. The summed E-state index contributed by atoms with van der Waals surface area (Å²) in [5.74, 6) is 2.36. The summed E-state index contributed by atoms with van der Waals surface area (Å²) in [6.07, 6.45) is 5.15. The predicted molar refractivity (Wildman–Crippen MR) is 103 cm³/mol. The minimum Gasteiger partial charge on any atom is -0.439 e. The quantitative estimate of drug-likeness (QED) is 0.680. The van der Waals surface area contributed by atoms with Crippen molar-refractivity contribution in [3.05, 3.63) is 54.6 Å². The van der Waals surface area contributed by atoms with Crippen molar-refractivity contribution in [3.8, 4) is 17.4 Å². The van der Waals surface area contributed by atoms with Crippen molar-refractivity contribution in [1.29, 1.82) is 0 Å². The van der Waals surface area contributed by atoms with E-state index in [0.29, 0.717) is 23.3 Å². The van der Waals surface area contributed by atoms with E-state index >= 15 is 0 Å². The molecule has 7 nitrogen and oxygen atoms in total. The van der Waals surface area contributed by atoms with Crippen molar-refractivity contribution in [2.75, 3.05) is 5.32 Å². The highest BCUT2D eigenvalue weighted by Gasteiger charge is 2.14. The summed E-state index contributed by atoms with van der Waals surface area (Å²) in [7, 11) is 0. The lowest BCUT2D eigenvalue weighted by molar-refractivity contribution is -0.120. The lowest BCUT2D eigenvalue weighted by Crippen LogP contribution is -2.21. The van der Waals surface area contributed by atoms with Crippen LogP contribution in [-0.2, 0) is 4.79 Å². The maximum absolute atomic E-state index is 12.2. The first-order valence-electron chi connectivity index (χ1n) is 9.03. The third-order valence-electron chi connectivity index (χ3n) is 4.24. The van der Waals surface area contributed by atoms with Gasteiger partial charge in [-0.3, -0.25) is 4.79 Å². The summed E-state index contributed by atoms with van der Waals surface area (Å²) in [4.78, 5) is 20.8. The van der Waals surface area contributed by atoms with E-state index in [0.717, 1.165) is 18.5 Å². The van der Waals surface area contributed by atoms with Gasteiger partial charge < -0.3 is 10.1 Å². The molecule has 3 aromatic rings. The molecule has 0 radical (unpaired) electrons. The smallest absolute Gasteiger partial charge is 0.227 e. The molecule has 140 valence electrons. The second-order valence-corrected chi connectivity index (χ2v) is 6.19. The lowest BCUT2D eigenvalue weighted by Gasteiger charge is -2.13. The molecule has 0 spiro atoms. The molecule has 0 aliphatic carbocycles. The number of nitrogens with one attached hydrogen (secondary N) is 1. The zero-order valence-electron chi connectivity index (χ0n) is 15.7. The molecule has 0 saturated heterocycles. The van der Waals surface area contributed by atoms with Crippen molar-refractivity contribution < 1.29 is 9.53 Å². The van der Waals surface area contributed by atoms with Gasteiger partial charge in [0.25, 0.3) is 0 Å². The zero-order chi connectivity index (χ0) is 19.2. The molecule has 0 bridgehead atoms. The van der Waals surface area contributed by atoms with Crippen molar-refractivity contribution in [2.24, 2.45) is 5.92 Å². The summed E-state index contributed by atoms with van der Waals surface area (Å²) in [5.41, 5.74) is 0.746. The summed E-state index contributed by atoms with van der Waals surface area (Å²) in [5, 5.41) is 7.11. The molecule has 1 N–H and O–H groups in total. The van der Waals surface area contributed by atoms with E-state index in [1.165, 1.54) is 0 Å². The maximum atomic E-state index is 12.2. The maximum Gasteiger partial charge on any atom is 0.227 e. The van der Waals surface area contributed by atoms with E-state index in [2.05, 4.69) is 20.4 Å². The van der Waals surface area contributed by atoms with Gasteiger partial charge >= 0.3 is 0 Å². The van der Waals surface area contributed by atoms with Gasteiger partial charge in [-0.1, -0.05) is 13.8 Å². The summed E-state index contributed by atoms with van der Waals surface area (Å²) < 4.78 is 7.49. The van der Waals surface area contributed by atoms with E-state index < -0.39 is 0 Å². The van der Waals surface area contributed by atoms with Crippen LogP contribution in [0.3, 0.4) is 0 Å². The van der Waals surface area contributed by atoms with Crippen LogP contribution in [0, 0.1) is 12.8 Å². The highest BCUT2D eigenvalue weighted by Crippen LogP contribution is 2.23. The Labute approximate surface area is 158 Å². The molecule has 0 atom stereocenters. The number of benzene rings is 1. The Hall–Kier alpha value is -3.22. The average Bonchev–Trinajstić information content (AvgIpc) is 3.19. The molecule has 1 amide bonds. The predicted octanol–water partition coefficient (Wildman–Crippen LogP) is 4.14. The molecule has 27 heavy (non-hydrogen) atoms. The number of nitrogens with zero attached hydrogens (tertiary/aromatic N) is 4. The lowest BCUT2D eigenvalue weighted by atomic mass is 10.0. The van der Waals surface area contributed by atoms with Crippen LogP contribution < -0.4 is 10.1 Å². The molecule has 2 heterocycles. The summed E-state index contributed by atoms with van der Waals surface area (Å²) in [6, 6.07) is 10.8. The minimum absolute atomic E-state index is 0.0330. The number of aryl methyl sites for hydroxylation is 1. The fourth-order valence-electron chi connectivity index (χ4n) is 2.73. The number of carbonyl (C=O) groups excluding carboxylic acids is 1. The molecule has 2 aromatic heterocycles. The second kappa shape index (κ2) is 8.44. The monoisotopic (exact) mass is 365 g/mol. The van der Waals surface area contributed by atoms with Gasteiger partial charge in [-0.15, -0.1) is 0 Å². The van der Waals surface area contributed by atoms with E-state index in [1.54, 1.807) is 36.0 Å². The van der Waals surface area contributed by atoms with Gasteiger partial charge in [-0.2, -0.15) is 10.1 Å². The number of hydrogen-bond donors (Lipinski definition) is 1. The Kier molecular flexibility index (Phi) is 5.80. The Morgan fingerprint density at radius 1 is 1.19 bits per heavy atom. The topological polar surface area (TPSA) is 81.9 Å². The number of carbonyl (C=O) groups is 1. The van der Waals surface area contributed by atoms with Crippen molar-refractivity contribution >= 4 is 11.6 Å². The summed E-state index contributed by atoms with van der Waals surface area (Å²) >= 11 is 0. The van der Waals surface area contributed by atoms with Crippen LogP contribution in [0.2, 0.25) is 0 Å². The average molecular weight is 365 g/mol. The molecule has 1 aromatic carbocycles. The van der Waals surface area contributed by atoms with E-state index in [4.69, 9.17) is 4.74 Å². The fourth-order valence-corrected chi connectivity index (χ4v) is 2.73. The number of ether oxygens (including phenoxy) is 1. The second-order valence-electron chi connectivity index (χ2n) is 6.19. The van der Waals surface area contributed by atoms with Gasteiger partial charge in [0, 0.05) is 30.1 Å². The fraction of sp³-hybridized carbons (Fsp3) is 0.300. The standard InChI is InChI=1S/C20H23N5O2/c1-4-15(5-2)20(26)24-16-7-9-17(10-8-16)27-19-13-18(22-14(3)23-19)25-12-6-11-21-25/h6-13,15H,4-5H2,1-3H3,(H,24,26). The number of anilines is 1.